The average molecular weight is 428 g/mol. The first-order chi connectivity index (χ1) is 13.5. The van der Waals surface area contributed by atoms with Crippen molar-refractivity contribution in [3.63, 3.8) is 0 Å². The van der Waals surface area contributed by atoms with Crippen LogP contribution in [-0.4, -0.2) is 41.2 Å². The van der Waals surface area contributed by atoms with E-state index in [-0.39, 0.29) is 13.0 Å². The molecule has 0 radical (unpaired) electrons. The lowest BCUT2D eigenvalue weighted by Gasteiger charge is -2.31. The van der Waals surface area contributed by atoms with Crippen molar-refractivity contribution in [1.29, 1.82) is 0 Å². The predicted molar refractivity (Wildman–Crippen MR) is 101 cm³/mol. The molecule has 10 heteroatoms. The zero-order valence-corrected chi connectivity index (χ0v) is 16.1. The molecular weight excluding hydrogens is 408 g/mol. The summed E-state index contributed by atoms with van der Waals surface area (Å²) < 4.78 is 49.3. The van der Waals surface area contributed by atoms with Crippen LogP contribution in [0.1, 0.15) is 17.5 Å². The second-order valence-electron chi connectivity index (χ2n) is 6.87. The Hall–Kier alpha value is -2.19. The zero-order chi connectivity index (χ0) is 21.3. The highest BCUT2D eigenvalue weighted by Gasteiger charge is 2.49. The van der Waals surface area contributed by atoms with Gasteiger partial charge in [-0.3, -0.25) is 9.36 Å². The van der Waals surface area contributed by atoms with Crippen molar-refractivity contribution < 1.29 is 32.3 Å². The molecule has 0 spiro atoms. The third kappa shape index (κ3) is 4.53. The Morgan fingerprint density at radius 2 is 1.52 bits per heavy atom. The van der Waals surface area contributed by atoms with Gasteiger partial charge in [0.1, 0.15) is 12.0 Å². The molecule has 0 saturated heterocycles. The normalized spacial score (nSPS) is 14.9. The first kappa shape index (κ1) is 21.5. The smallest absolute Gasteiger partial charge is 0.346 e. The summed E-state index contributed by atoms with van der Waals surface area (Å²) >= 11 is 0. The van der Waals surface area contributed by atoms with Crippen LogP contribution in [0.5, 0.6) is 0 Å². The van der Waals surface area contributed by atoms with Gasteiger partial charge in [0.25, 0.3) is 0 Å². The lowest BCUT2D eigenvalue weighted by molar-refractivity contribution is -0.141. The van der Waals surface area contributed by atoms with Crippen LogP contribution in [0, 0.1) is 0 Å². The van der Waals surface area contributed by atoms with Crippen LogP contribution in [0.25, 0.3) is 11.1 Å². The fourth-order valence-corrected chi connectivity index (χ4v) is 4.23. The standard InChI is InChI=1S/C19H20F3N2O4P/c20-19(21,22)11-24-17(25)18(9-10-23-12-29(26,27)28)15-7-3-1-5-13(15)14-6-2-4-8-16(14)18/h1-8,23H,9-12H2,(H,24,25)(H2,26,27,28). The summed E-state index contributed by atoms with van der Waals surface area (Å²) in [5.74, 6) is -0.801. The molecule has 0 fully saturated rings. The van der Waals surface area contributed by atoms with E-state index >= 15 is 0 Å². The van der Waals surface area contributed by atoms with E-state index in [1.54, 1.807) is 48.5 Å². The maximum Gasteiger partial charge on any atom is 0.405 e. The summed E-state index contributed by atoms with van der Waals surface area (Å²) in [5.41, 5.74) is 1.23. The molecule has 0 heterocycles. The summed E-state index contributed by atoms with van der Waals surface area (Å²) in [6.45, 7) is -1.44. The number of nitrogens with one attached hydrogen (secondary N) is 2. The quantitative estimate of drug-likeness (QED) is 0.402. The minimum atomic E-state index is -4.56. The monoisotopic (exact) mass is 428 g/mol. The van der Waals surface area contributed by atoms with Gasteiger partial charge >= 0.3 is 13.8 Å². The molecule has 2 aromatic carbocycles. The first-order valence-corrected chi connectivity index (χ1v) is 10.6. The molecule has 1 amide bonds. The Labute approximate surface area is 165 Å². The molecule has 6 nitrogen and oxygen atoms in total. The lowest BCUT2D eigenvalue weighted by Crippen LogP contribution is -2.48. The van der Waals surface area contributed by atoms with Crippen LogP contribution in [0.3, 0.4) is 0 Å². The number of hydrogen-bond acceptors (Lipinski definition) is 3. The van der Waals surface area contributed by atoms with Gasteiger partial charge in [-0.25, -0.2) is 0 Å². The largest absolute Gasteiger partial charge is 0.405 e. The third-order valence-corrected chi connectivity index (χ3v) is 5.53. The van der Waals surface area contributed by atoms with E-state index in [1.807, 2.05) is 5.32 Å². The van der Waals surface area contributed by atoms with E-state index < -0.39 is 37.9 Å². The Bertz CT molecular complexity index is 913. The van der Waals surface area contributed by atoms with Crippen LogP contribution < -0.4 is 10.6 Å². The van der Waals surface area contributed by atoms with Crippen molar-refractivity contribution in [2.75, 3.05) is 19.4 Å². The number of carbonyl (C=O) groups is 1. The van der Waals surface area contributed by atoms with Gasteiger partial charge in [0.05, 0.1) is 6.29 Å². The van der Waals surface area contributed by atoms with Crippen molar-refractivity contribution in [2.24, 2.45) is 0 Å². The number of hydrogen-bond donors (Lipinski definition) is 4. The summed E-state index contributed by atoms with van der Waals surface area (Å²) in [4.78, 5) is 31.2. The van der Waals surface area contributed by atoms with E-state index in [9.17, 15) is 22.5 Å². The topological polar surface area (TPSA) is 98.7 Å². The number of halogens is 3. The van der Waals surface area contributed by atoms with Crippen LogP contribution >= 0.6 is 7.60 Å². The van der Waals surface area contributed by atoms with Gasteiger partial charge in [0, 0.05) is 0 Å². The number of amides is 1. The summed E-state index contributed by atoms with van der Waals surface area (Å²) in [6.07, 6.45) is -5.12. The van der Waals surface area contributed by atoms with Crippen molar-refractivity contribution in [3.8, 4) is 11.1 Å². The fraction of sp³-hybridized carbons (Fsp3) is 0.316. The maximum atomic E-state index is 13.1. The van der Waals surface area contributed by atoms with Crippen LogP contribution in [0.15, 0.2) is 48.5 Å². The molecular formula is C19H20F3N2O4P. The number of alkyl halides is 3. The molecule has 156 valence electrons. The second kappa shape index (κ2) is 7.91. The molecule has 0 bridgehead atoms. The number of fused-ring (bicyclic) bond motifs is 3. The minimum Gasteiger partial charge on any atom is -0.346 e. The lowest BCUT2D eigenvalue weighted by atomic mass is 9.74. The van der Waals surface area contributed by atoms with Gasteiger partial charge in [-0.2, -0.15) is 13.2 Å². The zero-order valence-electron chi connectivity index (χ0n) is 15.2. The number of benzene rings is 2. The van der Waals surface area contributed by atoms with Gasteiger partial charge in [-0.15, -0.1) is 0 Å². The summed E-state index contributed by atoms with van der Waals surface area (Å²) in [5, 5.41) is 4.60. The summed E-state index contributed by atoms with van der Waals surface area (Å²) in [6, 6.07) is 14.0. The van der Waals surface area contributed by atoms with E-state index in [4.69, 9.17) is 9.79 Å². The van der Waals surface area contributed by atoms with Gasteiger partial charge in [0.2, 0.25) is 5.91 Å². The Morgan fingerprint density at radius 1 is 1.00 bits per heavy atom. The number of carbonyl (C=O) groups excluding carboxylic acids is 1. The van der Waals surface area contributed by atoms with E-state index in [0.29, 0.717) is 11.1 Å². The van der Waals surface area contributed by atoms with Gasteiger partial charge in [-0.05, 0) is 35.2 Å². The first-order valence-electron chi connectivity index (χ1n) is 8.84. The molecule has 0 aromatic heterocycles. The van der Waals surface area contributed by atoms with Gasteiger partial charge < -0.3 is 20.4 Å². The molecule has 3 rings (SSSR count). The van der Waals surface area contributed by atoms with Gasteiger partial charge in [0.15, 0.2) is 0 Å². The fourth-order valence-electron chi connectivity index (χ4n) is 3.78. The van der Waals surface area contributed by atoms with Crippen molar-refractivity contribution >= 4 is 13.5 Å². The Kier molecular flexibility index (Phi) is 5.87. The third-order valence-electron chi connectivity index (χ3n) is 4.90. The molecule has 1 aliphatic rings. The molecule has 29 heavy (non-hydrogen) atoms. The molecule has 0 unspecified atom stereocenters. The van der Waals surface area contributed by atoms with Gasteiger partial charge in [-0.1, -0.05) is 48.5 Å². The highest BCUT2D eigenvalue weighted by atomic mass is 31.2. The van der Waals surface area contributed by atoms with E-state index in [1.165, 1.54) is 0 Å². The van der Waals surface area contributed by atoms with E-state index in [2.05, 4.69) is 5.32 Å². The Balaban J connectivity index is 2.01. The number of rotatable bonds is 7. The van der Waals surface area contributed by atoms with Crippen molar-refractivity contribution in [2.45, 2.75) is 18.0 Å². The molecule has 0 aliphatic heterocycles. The highest BCUT2D eigenvalue weighted by Crippen LogP contribution is 2.50. The predicted octanol–water partition coefficient (Wildman–Crippen LogP) is 2.75. The molecule has 1 aliphatic carbocycles. The molecule has 2 aromatic rings. The average Bonchev–Trinajstić information content (AvgIpc) is 2.93. The Morgan fingerprint density at radius 3 is 2.00 bits per heavy atom. The van der Waals surface area contributed by atoms with Crippen LogP contribution in [0.2, 0.25) is 0 Å². The van der Waals surface area contributed by atoms with E-state index in [0.717, 1.165) is 11.1 Å². The molecule has 4 N–H and O–H groups in total. The van der Waals surface area contributed by atoms with Crippen LogP contribution in [0.4, 0.5) is 13.2 Å². The van der Waals surface area contributed by atoms with Crippen LogP contribution in [-0.2, 0) is 14.8 Å². The summed E-state index contributed by atoms with van der Waals surface area (Å²) in [7, 11) is -4.30. The molecule has 0 atom stereocenters. The second-order valence-corrected chi connectivity index (χ2v) is 8.51. The van der Waals surface area contributed by atoms with Crippen molar-refractivity contribution in [1.82, 2.24) is 10.6 Å². The molecule has 0 saturated carbocycles. The highest BCUT2D eigenvalue weighted by molar-refractivity contribution is 7.51. The SMILES string of the molecule is O=C(NCC(F)(F)F)C1(CCNCP(=O)(O)O)c2ccccc2-c2ccccc21. The maximum absolute atomic E-state index is 13.1. The van der Waals surface area contributed by atoms with Crippen molar-refractivity contribution in [3.05, 3.63) is 59.7 Å². The minimum absolute atomic E-state index is 0.0210.